The van der Waals surface area contributed by atoms with Crippen LogP contribution in [-0.2, 0) is 16.6 Å². The SMILES string of the molecule is Cc1c(NC(=O)C(C)SCC(=O)N2CCCC2c2ccsc2)c(=O)n(-c2ccccc2)n1C. The summed E-state index contributed by atoms with van der Waals surface area (Å²) >= 11 is 2.94. The molecule has 2 unspecified atom stereocenters. The lowest BCUT2D eigenvalue weighted by atomic mass is 10.1. The Morgan fingerprint density at radius 2 is 2.00 bits per heavy atom. The second-order valence-electron chi connectivity index (χ2n) is 8.18. The average molecular weight is 485 g/mol. The number of hydrogen-bond acceptors (Lipinski definition) is 5. The van der Waals surface area contributed by atoms with Gasteiger partial charge in [0.1, 0.15) is 5.69 Å². The fraction of sp³-hybridized carbons (Fsp3) is 0.375. The van der Waals surface area contributed by atoms with Crippen LogP contribution in [0.25, 0.3) is 5.69 Å². The maximum absolute atomic E-state index is 13.0. The van der Waals surface area contributed by atoms with Crippen LogP contribution in [0.1, 0.15) is 37.1 Å². The molecule has 33 heavy (non-hydrogen) atoms. The predicted octanol–water partition coefficient (Wildman–Crippen LogP) is 3.97. The molecule has 0 bridgehead atoms. The van der Waals surface area contributed by atoms with Crippen molar-refractivity contribution in [3.05, 3.63) is 68.8 Å². The van der Waals surface area contributed by atoms with Crippen LogP contribution in [0.2, 0.25) is 0 Å². The lowest BCUT2D eigenvalue weighted by molar-refractivity contribution is -0.129. The normalized spacial score (nSPS) is 16.7. The first-order valence-corrected chi connectivity index (χ1v) is 13.0. The van der Waals surface area contributed by atoms with Crippen molar-refractivity contribution in [1.82, 2.24) is 14.3 Å². The number of carbonyl (C=O) groups is 2. The van der Waals surface area contributed by atoms with Gasteiger partial charge >= 0.3 is 0 Å². The fourth-order valence-electron chi connectivity index (χ4n) is 4.17. The van der Waals surface area contributed by atoms with Gasteiger partial charge in [-0.3, -0.25) is 19.1 Å². The molecule has 1 saturated heterocycles. The number of thiophene rings is 1. The van der Waals surface area contributed by atoms with E-state index in [9.17, 15) is 14.4 Å². The van der Waals surface area contributed by atoms with Gasteiger partial charge in [0.15, 0.2) is 0 Å². The molecule has 9 heteroatoms. The van der Waals surface area contributed by atoms with Crippen molar-refractivity contribution in [1.29, 1.82) is 0 Å². The number of aromatic nitrogens is 2. The van der Waals surface area contributed by atoms with Crippen molar-refractivity contribution in [2.45, 2.75) is 38.0 Å². The van der Waals surface area contributed by atoms with Gasteiger partial charge in [-0.25, -0.2) is 4.68 Å². The number of nitrogens with zero attached hydrogens (tertiary/aromatic N) is 3. The molecule has 1 fully saturated rings. The molecular weight excluding hydrogens is 456 g/mol. The number of rotatable bonds is 7. The van der Waals surface area contributed by atoms with Crippen LogP contribution < -0.4 is 10.9 Å². The summed E-state index contributed by atoms with van der Waals surface area (Å²) in [6.45, 7) is 4.32. The molecule has 1 aromatic carbocycles. The predicted molar refractivity (Wildman–Crippen MR) is 134 cm³/mol. The maximum atomic E-state index is 13.0. The van der Waals surface area contributed by atoms with Gasteiger partial charge in [0, 0.05) is 13.6 Å². The van der Waals surface area contributed by atoms with E-state index in [1.807, 2.05) is 40.6 Å². The molecule has 2 amide bonds. The molecule has 1 N–H and O–H groups in total. The summed E-state index contributed by atoms with van der Waals surface area (Å²) in [5.41, 5.74) is 2.57. The highest BCUT2D eigenvalue weighted by atomic mass is 32.2. The maximum Gasteiger partial charge on any atom is 0.295 e. The van der Waals surface area contributed by atoms with Crippen molar-refractivity contribution < 1.29 is 9.59 Å². The number of benzene rings is 1. The fourth-order valence-corrected chi connectivity index (χ4v) is 5.64. The highest BCUT2D eigenvalue weighted by Gasteiger charge is 2.30. The third-order valence-electron chi connectivity index (χ3n) is 6.13. The van der Waals surface area contributed by atoms with Crippen molar-refractivity contribution in [2.24, 2.45) is 7.05 Å². The Labute approximate surface area is 201 Å². The molecular formula is C24H28N4O3S2. The molecule has 0 aliphatic carbocycles. The van der Waals surface area contributed by atoms with Gasteiger partial charge in [-0.05, 0) is 61.2 Å². The molecule has 1 aliphatic heterocycles. The van der Waals surface area contributed by atoms with Crippen LogP contribution in [-0.4, -0.2) is 43.6 Å². The highest BCUT2D eigenvalue weighted by molar-refractivity contribution is 8.01. The lowest BCUT2D eigenvalue weighted by Gasteiger charge is -2.24. The molecule has 0 saturated carbocycles. The van der Waals surface area contributed by atoms with Crippen molar-refractivity contribution in [3.8, 4) is 5.69 Å². The smallest absolute Gasteiger partial charge is 0.295 e. The molecule has 2 aromatic heterocycles. The first-order valence-electron chi connectivity index (χ1n) is 11.0. The van der Waals surface area contributed by atoms with Crippen molar-refractivity contribution in [2.75, 3.05) is 17.6 Å². The van der Waals surface area contributed by atoms with Gasteiger partial charge in [-0.15, -0.1) is 11.8 Å². The van der Waals surface area contributed by atoms with Crippen LogP contribution in [0.3, 0.4) is 0 Å². The van der Waals surface area contributed by atoms with Crippen molar-refractivity contribution in [3.63, 3.8) is 0 Å². The first kappa shape index (κ1) is 23.4. The summed E-state index contributed by atoms with van der Waals surface area (Å²) in [6, 6.07) is 11.5. The summed E-state index contributed by atoms with van der Waals surface area (Å²) in [4.78, 5) is 40.7. The topological polar surface area (TPSA) is 76.3 Å². The Morgan fingerprint density at radius 1 is 1.24 bits per heavy atom. The molecule has 2 atom stereocenters. The third kappa shape index (κ3) is 4.79. The zero-order valence-corrected chi connectivity index (χ0v) is 20.6. The van der Waals surface area contributed by atoms with Gasteiger partial charge in [-0.1, -0.05) is 18.2 Å². The number of carbonyl (C=O) groups excluding carboxylic acids is 2. The second kappa shape index (κ2) is 10.0. The van der Waals surface area contributed by atoms with Crippen LogP contribution in [0.5, 0.6) is 0 Å². The van der Waals surface area contributed by atoms with Crippen LogP contribution in [0.15, 0.2) is 52.0 Å². The molecule has 174 valence electrons. The number of anilines is 1. The van der Waals surface area contributed by atoms with E-state index in [2.05, 4.69) is 16.8 Å². The Bertz CT molecular complexity index is 1180. The summed E-state index contributed by atoms with van der Waals surface area (Å²) < 4.78 is 3.26. The molecule has 3 heterocycles. The molecule has 1 aliphatic rings. The van der Waals surface area contributed by atoms with Crippen molar-refractivity contribution >= 4 is 40.6 Å². The van der Waals surface area contributed by atoms with Crippen LogP contribution in [0, 0.1) is 6.92 Å². The Morgan fingerprint density at radius 3 is 2.70 bits per heavy atom. The standard InChI is InChI=1S/C24H28N4O3S2/c1-16-22(24(31)28(26(16)3)19-8-5-4-6-9-19)25-23(30)17(2)33-15-21(29)27-12-7-10-20(27)18-11-13-32-14-18/h4-6,8-9,11,13-14,17,20H,7,10,12,15H2,1-3H3,(H,25,30). The Balaban J connectivity index is 1.39. The van der Waals surface area contributed by atoms with Gasteiger partial charge in [-0.2, -0.15) is 11.3 Å². The average Bonchev–Trinajstić information content (AvgIpc) is 3.55. The number of nitrogens with one attached hydrogen (secondary N) is 1. The Hall–Kier alpha value is -2.78. The first-order chi connectivity index (χ1) is 15.9. The molecule has 0 spiro atoms. The van der Waals surface area contributed by atoms with E-state index in [0.29, 0.717) is 5.69 Å². The zero-order chi connectivity index (χ0) is 23.5. The van der Waals surface area contributed by atoms with E-state index in [-0.39, 0.29) is 34.9 Å². The lowest BCUT2D eigenvalue weighted by Crippen LogP contribution is -2.33. The zero-order valence-electron chi connectivity index (χ0n) is 19.0. The van der Waals surface area contributed by atoms with Gasteiger partial charge in [0.05, 0.1) is 28.4 Å². The van der Waals surface area contributed by atoms with E-state index in [0.717, 1.165) is 25.1 Å². The number of likely N-dealkylation sites (tertiary alicyclic amines) is 1. The third-order valence-corrected chi connectivity index (χ3v) is 7.96. The number of hydrogen-bond donors (Lipinski definition) is 1. The number of amides is 2. The van der Waals surface area contributed by atoms with E-state index in [1.165, 1.54) is 22.0 Å². The Kier molecular flexibility index (Phi) is 7.09. The summed E-state index contributed by atoms with van der Waals surface area (Å²) in [5, 5.41) is 6.46. The van der Waals surface area contributed by atoms with Gasteiger partial charge in [0.25, 0.3) is 5.56 Å². The minimum absolute atomic E-state index is 0.0516. The van der Waals surface area contributed by atoms with E-state index in [4.69, 9.17) is 0 Å². The van der Waals surface area contributed by atoms with Crippen LogP contribution >= 0.6 is 23.1 Å². The summed E-state index contributed by atoms with van der Waals surface area (Å²) in [5.74, 6) is 0.00217. The van der Waals surface area contributed by atoms with Crippen LogP contribution in [0.4, 0.5) is 5.69 Å². The molecule has 3 aromatic rings. The molecule has 4 rings (SSSR count). The highest BCUT2D eigenvalue weighted by Crippen LogP contribution is 2.33. The quantitative estimate of drug-likeness (QED) is 0.551. The monoisotopic (exact) mass is 484 g/mol. The minimum atomic E-state index is -0.472. The summed E-state index contributed by atoms with van der Waals surface area (Å²) in [7, 11) is 1.79. The van der Waals surface area contributed by atoms with E-state index >= 15 is 0 Å². The van der Waals surface area contributed by atoms with E-state index in [1.54, 1.807) is 36.9 Å². The molecule has 0 radical (unpaired) electrons. The van der Waals surface area contributed by atoms with Gasteiger partial charge in [0.2, 0.25) is 11.8 Å². The summed E-state index contributed by atoms with van der Waals surface area (Å²) in [6.07, 6.45) is 1.97. The number of thioether (sulfide) groups is 1. The van der Waals surface area contributed by atoms with Gasteiger partial charge < -0.3 is 10.2 Å². The minimum Gasteiger partial charge on any atom is -0.335 e. The van der Waals surface area contributed by atoms with E-state index < -0.39 is 5.25 Å². The largest absolute Gasteiger partial charge is 0.335 e. The number of para-hydroxylation sites is 1. The second-order valence-corrected chi connectivity index (χ2v) is 10.3. The molecule has 7 nitrogen and oxygen atoms in total.